The molecule has 1 aliphatic heterocycles. The highest BCUT2D eigenvalue weighted by Gasteiger charge is 2.43. The van der Waals surface area contributed by atoms with Crippen LogP contribution in [0.5, 0.6) is 0 Å². The van der Waals surface area contributed by atoms with E-state index >= 15 is 0 Å². The van der Waals surface area contributed by atoms with Gasteiger partial charge in [-0.3, -0.25) is 9.69 Å². The molecule has 0 aromatic carbocycles. The lowest BCUT2D eigenvalue weighted by molar-refractivity contribution is -0.142. The fraction of sp³-hybridized carbons (Fsp3) is 0.938. The molecule has 19 heavy (non-hydrogen) atoms. The van der Waals surface area contributed by atoms with E-state index in [0.717, 1.165) is 24.8 Å². The molecular formula is C16H29NO2. The van der Waals surface area contributed by atoms with Gasteiger partial charge in [-0.05, 0) is 50.5 Å². The summed E-state index contributed by atoms with van der Waals surface area (Å²) in [5.41, 5.74) is 0. The van der Waals surface area contributed by atoms with E-state index in [0.29, 0.717) is 12.0 Å². The van der Waals surface area contributed by atoms with Crippen LogP contribution in [0.15, 0.2) is 0 Å². The monoisotopic (exact) mass is 267 g/mol. The topological polar surface area (TPSA) is 40.5 Å². The normalized spacial score (nSPS) is 40.8. The Morgan fingerprint density at radius 1 is 1.21 bits per heavy atom. The van der Waals surface area contributed by atoms with Gasteiger partial charge in [0.15, 0.2) is 0 Å². The van der Waals surface area contributed by atoms with Crippen LogP contribution < -0.4 is 0 Å². The smallest absolute Gasteiger partial charge is 0.308 e. The van der Waals surface area contributed by atoms with Crippen molar-refractivity contribution in [2.24, 2.45) is 23.7 Å². The number of carboxylic acid groups (broad SMARTS) is 1. The Bertz CT molecular complexity index is 329. The highest BCUT2D eigenvalue weighted by atomic mass is 16.4. The van der Waals surface area contributed by atoms with Gasteiger partial charge in [-0.15, -0.1) is 0 Å². The molecule has 2 rings (SSSR count). The quantitative estimate of drug-likeness (QED) is 0.853. The Labute approximate surface area is 117 Å². The van der Waals surface area contributed by atoms with Crippen molar-refractivity contribution in [3.05, 3.63) is 0 Å². The van der Waals surface area contributed by atoms with E-state index in [9.17, 15) is 9.90 Å². The van der Waals surface area contributed by atoms with Gasteiger partial charge in [-0.2, -0.15) is 0 Å². The molecule has 5 unspecified atom stereocenters. The standard InChI is InChI=1S/C16H29NO2/c1-10(2)13-6-5-11(3)9-15(13)17-8-7-14(12(17)4)16(18)19/h10-15H,5-9H2,1-4H3,(H,18,19). The molecule has 1 saturated heterocycles. The Hall–Kier alpha value is -0.570. The van der Waals surface area contributed by atoms with Crippen molar-refractivity contribution in [1.82, 2.24) is 4.90 Å². The van der Waals surface area contributed by atoms with Crippen LogP contribution in [-0.4, -0.2) is 34.6 Å². The number of nitrogens with zero attached hydrogens (tertiary/aromatic N) is 1. The molecule has 1 saturated carbocycles. The number of aliphatic carboxylic acids is 1. The fourth-order valence-corrected chi connectivity index (χ4v) is 4.30. The zero-order valence-corrected chi connectivity index (χ0v) is 12.8. The van der Waals surface area contributed by atoms with Gasteiger partial charge in [-0.1, -0.05) is 27.2 Å². The summed E-state index contributed by atoms with van der Waals surface area (Å²) in [7, 11) is 0. The van der Waals surface area contributed by atoms with Gasteiger partial charge in [0.1, 0.15) is 0 Å². The Morgan fingerprint density at radius 2 is 1.89 bits per heavy atom. The number of hydrogen-bond donors (Lipinski definition) is 1. The second-order valence-corrected chi connectivity index (χ2v) is 7.11. The van der Waals surface area contributed by atoms with Crippen LogP contribution in [0, 0.1) is 23.7 Å². The van der Waals surface area contributed by atoms with E-state index in [-0.39, 0.29) is 12.0 Å². The van der Waals surface area contributed by atoms with Crippen molar-refractivity contribution in [3.8, 4) is 0 Å². The van der Waals surface area contributed by atoms with Gasteiger partial charge in [0.2, 0.25) is 0 Å². The maximum Gasteiger partial charge on any atom is 0.308 e. The predicted molar refractivity (Wildman–Crippen MR) is 77.0 cm³/mol. The minimum Gasteiger partial charge on any atom is -0.481 e. The van der Waals surface area contributed by atoms with Crippen LogP contribution in [0.1, 0.15) is 53.4 Å². The summed E-state index contributed by atoms with van der Waals surface area (Å²) < 4.78 is 0. The summed E-state index contributed by atoms with van der Waals surface area (Å²) in [6, 6.07) is 0.803. The Morgan fingerprint density at radius 3 is 2.42 bits per heavy atom. The van der Waals surface area contributed by atoms with Crippen LogP contribution >= 0.6 is 0 Å². The van der Waals surface area contributed by atoms with Crippen LogP contribution in [0.3, 0.4) is 0 Å². The molecule has 1 aliphatic carbocycles. The molecule has 2 aliphatic rings. The van der Waals surface area contributed by atoms with Gasteiger partial charge < -0.3 is 5.11 Å². The third kappa shape index (κ3) is 2.96. The predicted octanol–water partition coefficient (Wildman–Crippen LogP) is 3.24. The van der Waals surface area contributed by atoms with Crippen molar-refractivity contribution in [2.75, 3.05) is 6.54 Å². The molecule has 0 spiro atoms. The Kier molecular flexibility index (Phi) is 4.54. The van der Waals surface area contributed by atoms with E-state index in [4.69, 9.17) is 0 Å². The van der Waals surface area contributed by atoms with Crippen LogP contribution in [0.25, 0.3) is 0 Å². The largest absolute Gasteiger partial charge is 0.481 e. The average Bonchev–Trinajstić information content (AvgIpc) is 2.70. The maximum absolute atomic E-state index is 11.3. The van der Waals surface area contributed by atoms with Crippen molar-refractivity contribution < 1.29 is 9.90 Å². The van der Waals surface area contributed by atoms with Crippen molar-refractivity contribution >= 4 is 5.97 Å². The molecule has 0 radical (unpaired) electrons. The number of hydrogen-bond acceptors (Lipinski definition) is 2. The van der Waals surface area contributed by atoms with Crippen molar-refractivity contribution in [2.45, 2.75) is 65.5 Å². The number of rotatable bonds is 3. The first-order valence-corrected chi connectivity index (χ1v) is 7.90. The first kappa shape index (κ1) is 14.8. The van der Waals surface area contributed by atoms with E-state index in [1.807, 2.05) is 0 Å². The van der Waals surface area contributed by atoms with Crippen LogP contribution in [0.2, 0.25) is 0 Å². The van der Waals surface area contributed by atoms with Gasteiger partial charge >= 0.3 is 5.97 Å². The van der Waals surface area contributed by atoms with Crippen LogP contribution in [-0.2, 0) is 4.79 Å². The van der Waals surface area contributed by atoms with Gasteiger partial charge in [-0.25, -0.2) is 0 Å². The fourth-order valence-electron chi connectivity index (χ4n) is 4.30. The second kappa shape index (κ2) is 5.82. The summed E-state index contributed by atoms with van der Waals surface area (Å²) >= 11 is 0. The molecule has 110 valence electrons. The first-order chi connectivity index (χ1) is 8.91. The zero-order chi connectivity index (χ0) is 14.2. The number of carbonyl (C=O) groups is 1. The van der Waals surface area contributed by atoms with Crippen molar-refractivity contribution in [3.63, 3.8) is 0 Å². The van der Waals surface area contributed by atoms with E-state index < -0.39 is 5.97 Å². The minimum absolute atomic E-state index is 0.162. The summed E-state index contributed by atoms with van der Waals surface area (Å²) in [6.07, 6.45) is 4.72. The van der Waals surface area contributed by atoms with E-state index in [1.165, 1.54) is 19.3 Å². The highest BCUT2D eigenvalue weighted by molar-refractivity contribution is 5.71. The van der Waals surface area contributed by atoms with Gasteiger partial charge in [0.05, 0.1) is 5.92 Å². The molecule has 1 heterocycles. The first-order valence-electron chi connectivity index (χ1n) is 7.90. The summed E-state index contributed by atoms with van der Waals surface area (Å²) in [5, 5.41) is 9.30. The molecule has 3 nitrogen and oxygen atoms in total. The third-order valence-corrected chi connectivity index (χ3v) is 5.53. The summed E-state index contributed by atoms with van der Waals surface area (Å²) in [6.45, 7) is 10.1. The molecule has 0 aromatic heterocycles. The molecule has 0 amide bonds. The number of carboxylic acids is 1. The molecular weight excluding hydrogens is 238 g/mol. The minimum atomic E-state index is -0.611. The highest BCUT2D eigenvalue weighted by Crippen LogP contribution is 2.40. The van der Waals surface area contributed by atoms with Crippen LogP contribution in [0.4, 0.5) is 0 Å². The average molecular weight is 267 g/mol. The third-order valence-electron chi connectivity index (χ3n) is 5.53. The summed E-state index contributed by atoms with van der Waals surface area (Å²) in [5.74, 6) is 1.46. The number of likely N-dealkylation sites (tertiary alicyclic amines) is 1. The lowest BCUT2D eigenvalue weighted by Gasteiger charge is -2.44. The van der Waals surface area contributed by atoms with Crippen molar-refractivity contribution in [1.29, 1.82) is 0 Å². The van der Waals surface area contributed by atoms with E-state index in [1.54, 1.807) is 0 Å². The second-order valence-electron chi connectivity index (χ2n) is 7.11. The molecule has 2 fully saturated rings. The Balaban J connectivity index is 2.12. The lowest BCUT2D eigenvalue weighted by Crippen LogP contribution is -2.48. The maximum atomic E-state index is 11.3. The van der Waals surface area contributed by atoms with Gasteiger partial charge in [0, 0.05) is 12.1 Å². The molecule has 0 aromatic rings. The zero-order valence-electron chi connectivity index (χ0n) is 12.8. The van der Waals surface area contributed by atoms with Gasteiger partial charge in [0.25, 0.3) is 0 Å². The molecule has 5 atom stereocenters. The lowest BCUT2D eigenvalue weighted by atomic mass is 9.73. The molecule has 3 heteroatoms. The molecule has 0 bridgehead atoms. The molecule has 1 N–H and O–H groups in total. The SMILES string of the molecule is CC1CCC(C(C)C)C(N2CCC(C(=O)O)C2C)C1. The van der Waals surface area contributed by atoms with E-state index in [2.05, 4.69) is 32.6 Å². The summed E-state index contributed by atoms with van der Waals surface area (Å²) in [4.78, 5) is 13.8.